The highest BCUT2D eigenvalue weighted by Gasteiger charge is 2.02. The number of hydrogen-bond donors (Lipinski definition) is 1. The molecule has 2 nitrogen and oxygen atoms in total. The molecule has 0 heterocycles. The smallest absolute Gasteiger partial charge is 0.119 e. The van der Waals surface area contributed by atoms with Crippen LogP contribution in [-0.2, 0) is 6.42 Å². The summed E-state index contributed by atoms with van der Waals surface area (Å²) in [6.45, 7) is 5.76. The third-order valence-corrected chi connectivity index (χ3v) is 3.49. The Labute approximate surface area is 133 Å². The first kappa shape index (κ1) is 16.3. The van der Waals surface area contributed by atoms with Crippen molar-refractivity contribution in [1.82, 2.24) is 5.32 Å². The van der Waals surface area contributed by atoms with Crippen LogP contribution in [0, 0.1) is 0 Å². The lowest BCUT2D eigenvalue weighted by Crippen LogP contribution is -2.31. The van der Waals surface area contributed by atoms with Gasteiger partial charge in [-0.3, -0.25) is 0 Å². The van der Waals surface area contributed by atoms with Gasteiger partial charge in [-0.05, 0) is 43.5 Å². The monoisotopic (exact) mass is 295 g/mol. The summed E-state index contributed by atoms with van der Waals surface area (Å²) in [4.78, 5) is 0. The zero-order valence-corrected chi connectivity index (χ0v) is 13.5. The van der Waals surface area contributed by atoms with Crippen LogP contribution in [0.2, 0.25) is 0 Å². The first-order valence-corrected chi connectivity index (χ1v) is 7.91. The fourth-order valence-corrected chi connectivity index (χ4v) is 2.38. The first-order chi connectivity index (χ1) is 10.8. The van der Waals surface area contributed by atoms with E-state index in [1.165, 1.54) is 11.1 Å². The minimum absolute atomic E-state index is 0.447. The van der Waals surface area contributed by atoms with E-state index in [1.807, 2.05) is 25.1 Å². The Balaban J connectivity index is 1.66. The molecule has 2 rings (SSSR count). The highest BCUT2D eigenvalue weighted by molar-refractivity contribution is 5.50. The summed E-state index contributed by atoms with van der Waals surface area (Å²) in [6.07, 6.45) is 5.16. The summed E-state index contributed by atoms with van der Waals surface area (Å²) in [5.74, 6) is 0.922. The van der Waals surface area contributed by atoms with E-state index in [1.54, 1.807) is 0 Å². The van der Waals surface area contributed by atoms with Crippen molar-refractivity contribution >= 4 is 6.08 Å². The van der Waals surface area contributed by atoms with Crippen LogP contribution in [0.25, 0.3) is 6.08 Å². The molecule has 0 saturated carbocycles. The van der Waals surface area contributed by atoms with E-state index in [0.717, 1.165) is 18.7 Å². The third kappa shape index (κ3) is 5.74. The van der Waals surface area contributed by atoms with Gasteiger partial charge in [-0.15, -0.1) is 0 Å². The van der Waals surface area contributed by atoms with Crippen molar-refractivity contribution in [1.29, 1.82) is 0 Å². The molecule has 116 valence electrons. The normalized spacial score (nSPS) is 12.5. The van der Waals surface area contributed by atoms with E-state index in [0.29, 0.717) is 12.6 Å². The standard InChI is InChI=1S/C20H25NO/c1-3-7-18-10-12-20(13-11-18)22-15-14-21-17(2)16-19-8-5-4-6-9-19/h3-13,17,21H,14-16H2,1-2H3. The van der Waals surface area contributed by atoms with Crippen molar-refractivity contribution in [2.75, 3.05) is 13.2 Å². The number of rotatable bonds is 8. The van der Waals surface area contributed by atoms with Crippen molar-refractivity contribution in [3.8, 4) is 5.75 Å². The van der Waals surface area contributed by atoms with Gasteiger partial charge in [0.25, 0.3) is 0 Å². The highest BCUT2D eigenvalue weighted by atomic mass is 16.5. The largest absolute Gasteiger partial charge is 0.492 e. The van der Waals surface area contributed by atoms with Crippen molar-refractivity contribution in [2.45, 2.75) is 26.3 Å². The van der Waals surface area contributed by atoms with Gasteiger partial charge in [-0.1, -0.05) is 54.6 Å². The fraction of sp³-hybridized carbons (Fsp3) is 0.300. The Morgan fingerprint density at radius 1 is 1.05 bits per heavy atom. The first-order valence-electron chi connectivity index (χ1n) is 7.91. The minimum Gasteiger partial charge on any atom is -0.492 e. The number of ether oxygens (including phenoxy) is 1. The van der Waals surface area contributed by atoms with Crippen LogP contribution in [-0.4, -0.2) is 19.2 Å². The van der Waals surface area contributed by atoms with E-state index < -0.39 is 0 Å². The Morgan fingerprint density at radius 2 is 1.77 bits per heavy atom. The van der Waals surface area contributed by atoms with E-state index in [4.69, 9.17) is 4.74 Å². The third-order valence-electron chi connectivity index (χ3n) is 3.49. The molecular formula is C20H25NO. The lowest BCUT2D eigenvalue weighted by Gasteiger charge is -2.14. The molecule has 0 bridgehead atoms. The van der Waals surface area contributed by atoms with Crippen LogP contribution in [0.3, 0.4) is 0 Å². The molecule has 22 heavy (non-hydrogen) atoms. The summed E-state index contributed by atoms with van der Waals surface area (Å²) in [5.41, 5.74) is 2.56. The van der Waals surface area contributed by atoms with Crippen molar-refractivity contribution < 1.29 is 4.74 Å². The second kappa shape index (κ2) is 9.06. The predicted molar refractivity (Wildman–Crippen MR) is 94.3 cm³/mol. The Kier molecular flexibility index (Phi) is 6.72. The zero-order chi connectivity index (χ0) is 15.6. The molecular weight excluding hydrogens is 270 g/mol. The molecule has 1 unspecified atom stereocenters. The number of nitrogens with one attached hydrogen (secondary N) is 1. The second-order valence-corrected chi connectivity index (χ2v) is 5.46. The zero-order valence-electron chi connectivity index (χ0n) is 13.5. The molecule has 2 aromatic rings. The molecule has 0 spiro atoms. The van der Waals surface area contributed by atoms with Gasteiger partial charge in [0.1, 0.15) is 12.4 Å². The van der Waals surface area contributed by atoms with Crippen LogP contribution >= 0.6 is 0 Å². The summed E-state index contributed by atoms with van der Waals surface area (Å²) in [5, 5.41) is 3.50. The van der Waals surface area contributed by atoms with Crippen molar-refractivity contribution in [3.63, 3.8) is 0 Å². The predicted octanol–water partition coefficient (Wildman–Crippen LogP) is 4.32. The molecule has 0 aliphatic heterocycles. The van der Waals surface area contributed by atoms with Gasteiger partial charge in [0, 0.05) is 12.6 Å². The van der Waals surface area contributed by atoms with Crippen molar-refractivity contribution in [2.24, 2.45) is 0 Å². The average molecular weight is 295 g/mol. The average Bonchev–Trinajstić information content (AvgIpc) is 2.54. The van der Waals surface area contributed by atoms with E-state index in [2.05, 4.69) is 60.8 Å². The molecule has 0 saturated heterocycles. The number of hydrogen-bond acceptors (Lipinski definition) is 2. The molecule has 0 aliphatic rings. The molecule has 1 atom stereocenters. The fourth-order valence-electron chi connectivity index (χ4n) is 2.38. The van der Waals surface area contributed by atoms with Crippen molar-refractivity contribution in [3.05, 3.63) is 71.8 Å². The van der Waals surface area contributed by atoms with Crippen LogP contribution in [0.1, 0.15) is 25.0 Å². The molecule has 2 aromatic carbocycles. The lowest BCUT2D eigenvalue weighted by molar-refractivity contribution is 0.306. The quantitative estimate of drug-likeness (QED) is 0.732. The Hall–Kier alpha value is -2.06. The van der Waals surface area contributed by atoms with Gasteiger partial charge in [-0.25, -0.2) is 0 Å². The molecule has 0 aliphatic carbocycles. The van der Waals surface area contributed by atoms with Gasteiger partial charge in [0.15, 0.2) is 0 Å². The summed E-state index contributed by atoms with van der Waals surface area (Å²) in [7, 11) is 0. The Bertz CT molecular complexity index is 560. The van der Waals surface area contributed by atoms with Gasteiger partial charge < -0.3 is 10.1 Å². The molecule has 0 radical (unpaired) electrons. The minimum atomic E-state index is 0.447. The van der Waals surface area contributed by atoms with Gasteiger partial charge in [-0.2, -0.15) is 0 Å². The number of benzene rings is 2. The van der Waals surface area contributed by atoms with E-state index in [-0.39, 0.29) is 0 Å². The topological polar surface area (TPSA) is 21.3 Å². The summed E-state index contributed by atoms with van der Waals surface area (Å²) >= 11 is 0. The van der Waals surface area contributed by atoms with Crippen LogP contribution in [0.4, 0.5) is 0 Å². The molecule has 0 fully saturated rings. The van der Waals surface area contributed by atoms with Crippen LogP contribution in [0.15, 0.2) is 60.7 Å². The SMILES string of the molecule is CC=Cc1ccc(OCCNC(C)Cc2ccccc2)cc1. The highest BCUT2D eigenvalue weighted by Crippen LogP contribution is 2.13. The van der Waals surface area contributed by atoms with Gasteiger partial charge in [0.2, 0.25) is 0 Å². The lowest BCUT2D eigenvalue weighted by atomic mass is 10.1. The molecule has 0 amide bonds. The summed E-state index contributed by atoms with van der Waals surface area (Å²) < 4.78 is 5.75. The second-order valence-electron chi connectivity index (χ2n) is 5.46. The van der Waals surface area contributed by atoms with E-state index >= 15 is 0 Å². The van der Waals surface area contributed by atoms with Crippen LogP contribution in [0.5, 0.6) is 5.75 Å². The summed E-state index contributed by atoms with van der Waals surface area (Å²) in [6, 6.07) is 19.2. The number of allylic oxidation sites excluding steroid dienone is 1. The van der Waals surface area contributed by atoms with Gasteiger partial charge in [0.05, 0.1) is 0 Å². The molecule has 2 heteroatoms. The Morgan fingerprint density at radius 3 is 2.45 bits per heavy atom. The van der Waals surface area contributed by atoms with Gasteiger partial charge >= 0.3 is 0 Å². The maximum Gasteiger partial charge on any atom is 0.119 e. The maximum atomic E-state index is 5.75. The van der Waals surface area contributed by atoms with Crippen LogP contribution < -0.4 is 10.1 Å². The molecule has 1 N–H and O–H groups in total. The van der Waals surface area contributed by atoms with E-state index in [9.17, 15) is 0 Å². The maximum absolute atomic E-state index is 5.75. The molecule has 0 aromatic heterocycles.